The third-order valence-electron chi connectivity index (χ3n) is 4.28. The average Bonchev–Trinajstić information content (AvgIpc) is 2.72. The summed E-state index contributed by atoms with van der Waals surface area (Å²) >= 11 is 12.1. The van der Waals surface area contributed by atoms with Gasteiger partial charge in [-0.1, -0.05) is 29.3 Å². The smallest absolute Gasteiger partial charge is 0.261 e. The molecule has 6 nitrogen and oxygen atoms in total. The zero-order valence-electron chi connectivity index (χ0n) is 16.6. The van der Waals surface area contributed by atoms with Gasteiger partial charge in [-0.15, -0.1) is 0 Å². The second-order valence-corrected chi connectivity index (χ2v) is 7.12. The first-order valence-corrected chi connectivity index (χ1v) is 9.89. The maximum Gasteiger partial charge on any atom is 0.261 e. The molecule has 0 fully saturated rings. The van der Waals surface area contributed by atoms with E-state index in [0.717, 1.165) is 5.56 Å². The Bertz CT molecular complexity index is 843. The molecule has 0 aliphatic carbocycles. The fraction of sp³-hybridized carbons (Fsp3) is 0.333. The molecule has 2 amide bonds. The van der Waals surface area contributed by atoms with Gasteiger partial charge < -0.3 is 19.7 Å². The molecule has 0 saturated heterocycles. The van der Waals surface area contributed by atoms with E-state index in [9.17, 15) is 9.59 Å². The maximum atomic E-state index is 12.9. The van der Waals surface area contributed by atoms with Crippen LogP contribution in [0.15, 0.2) is 42.5 Å². The highest BCUT2D eigenvalue weighted by Crippen LogP contribution is 2.24. The van der Waals surface area contributed by atoms with Crippen molar-refractivity contribution < 1.29 is 19.1 Å². The lowest BCUT2D eigenvalue weighted by atomic mass is 10.1. The second-order valence-electron chi connectivity index (χ2n) is 6.30. The van der Waals surface area contributed by atoms with Crippen LogP contribution in [0, 0.1) is 0 Å². The first kappa shape index (κ1) is 22.8. The number of carbonyl (C=O) groups is 2. The number of amides is 2. The van der Waals surface area contributed by atoms with Crippen LogP contribution in [0.2, 0.25) is 10.0 Å². The van der Waals surface area contributed by atoms with E-state index in [1.165, 1.54) is 4.90 Å². The number of hydrogen-bond donors (Lipinski definition) is 1. The Hall–Kier alpha value is -2.44. The fourth-order valence-electron chi connectivity index (χ4n) is 2.64. The lowest BCUT2D eigenvalue weighted by Crippen LogP contribution is -2.49. The Morgan fingerprint density at radius 1 is 1.07 bits per heavy atom. The first-order chi connectivity index (χ1) is 13.8. The Morgan fingerprint density at radius 3 is 2.31 bits per heavy atom. The molecule has 0 aliphatic heterocycles. The number of rotatable bonds is 9. The molecule has 0 aromatic heterocycles. The topological polar surface area (TPSA) is 67.9 Å². The minimum Gasteiger partial charge on any atom is -0.497 e. The number of nitrogens with zero attached hydrogens (tertiary/aromatic N) is 1. The summed E-state index contributed by atoms with van der Waals surface area (Å²) in [7, 11) is 1.57. The SMILES string of the molecule is CCNC(=O)[C@H](C)N(Cc1ccc(Cl)c(Cl)c1)C(=O)COc1ccc(OC)cc1. The van der Waals surface area contributed by atoms with E-state index in [4.69, 9.17) is 32.7 Å². The Labute approximate surface area is 180 Å². The standard InChI is InChI=1S/C21H24Cl2N2O4/c1-4-24-21(27)14(2)25(12-15-5-10-18(22)19(23)11-15)20(26)13-29-17-8-6-16(28-3)7-9-17/h5-11,14H,4,12-13H2,1-3H3,(H,24,27)/t14-/m0/s1. The molecule has 8 heteroatoms. The van der Waals surface area contributed by atoms with Crippen LogP contribution in [0.25, 0.3) is 0 Å². The molecule has 2 rings (SSSR count). The number of carbonyl (C=O) groups excluding carboxylic acids is 2. The zero-order chi connectivity index (χ0) is 21.4. The zero-order valence-corrected chi connectivity index (χ0v) is 18.1. The van der Waals surface area contributed by atoms with Crippen molar-refractivity contribution in [2.45, 2.75) is 26.4 Å². The van der Waals surface area contributed by atoms with Crippen LogP contribution in [0.5, 0.6) is 11.5 Å². The molecule has 2 aromatic rings. The number of likely N-dealkylation sites (N-methyl/N-ethyl adjacent to an activating group) is 1. The Balaban J connectivity index is 2.14. The van der Waals surface area contributed by atoms with Gasteiger partial charge in [0, 0.05) is 13.1 Å². The highest BCUT2D eigenvalue weighted by Gasteiger charge is 2.26. The van der Waals surface area contributed by atoms with Crippen LogP contribution >= 0.6 is 23.2 Å². The van der Waals surface area contributed by atoms with Crippen LogP contribution in [-0.4, -0.2) is 43.0 Å². The van der Waals surface area contributed by atoms with Crippen molar-refractivity contribution >= 4 is 35.0 Å². The van der Waals surface area contributed by atoms with Gasteiger partial charge in [-0.2, -0.15) is 0 Å². The fourth-order valence-corrected chi connectivity index (χ4v) is 2.96. The van der Waals surface area contributed by atoms with Crippen molar-refractivity contribution in [2.24, 2.45) is 0 Å². The summed E-state index contributed by atoms with van der Waals surface area (Å²) in [4.78, 5) is 26.7. The molecule has 0 aliphatic rings. The summed E-state index contributed by atoms with van der Waals surface area (Å²) in [6, 6.07) is 11.3. The van der Waals surface area contributed by atoms with E-state index in [2.05, 4.69) is 5.32 Å². The van der Waals surface area contributed by atoms with Gasteiger partial charge in [0.25, 0.3) is 5.91 Å². The van der Waals surface area contributed by atoms with Gasteiger partial charge in [-0.25, -0.2) is 0 Å². The molecule has 0 unspecified atom stereocenters. The first-order valence-electron chi connectivity index (χ1n) is 9.13. The molecule has 29 heavy (non-hydrogen) atoms. The lowest BCUT2D eigenvalue weighted by Gasteiger charge is -2.28. The van der Waals surface area contributed by atoms with E-state index in [0.29, 0.717) is 28.1 Å². The van der Waals surface area contributed by atoms with Gasteiger partial charge in [0.15, 0.2) is 6.61 Å². The molecule has 2 aromatic carbocycles. The number of methoxy groups -OCH3 is 1. The van der Waals surface area contributed by atoms with E-state index in [1.54, 1.807) is 56.5 Å². The molecule has 0 heterocycles. The highest BCUT2D eigenvalue weighted by molar-refractivity contribution is 6.42. The van der Waals surface area contributed by atoms with Crippen molar-refractivity contribution in [2.75, 3.05) is 20.3 Å². The molecule has 0 saturated carbocycles. The summed E-state index contributed by atoms with van der Waals surface area (Å²) in [5.74, 6) is 0.644. The van der Waals surface area contributed by atoms with Gasteiger partial charge >= 0.3 is 0 Å². The normalized spacial score (nSPS) is 11.5. The number of benzene rings is 2. The van der Waals surface area contributed by atoms with Crippen molar-refractivity contribution in [1.82, 2.24) is 10.2 Å². The summed E-state index contributed by atoms with van der Waals surface area (Å²) in [5, 5.41) is 3.55. The molecule has 0 spiro atoms. The molecular weight excluding hydrogens is 415 g/mol. The maximum absolute atomic E-state index is 12.9. The Morgan fingerprint density at radius 2 is 1.72 bits per heavy atom. The Kier molecular flexibility index (Phi) is 8.61. The van der Waals surface area contributed by atoms with E-state index in [-0.39, 0.29) is 25.0 Å². The number of ether oxygens (including phenoxy) is 2. The summed E-state index contributed by atoms with van der Waals surface area (Å²) < 4.78 is 10.7. The predicted octanol–water partition coefficient (Wildman–Crippen LogP) is 3.93. The minimum absolute atomic E-state index is 0.194. The third kappa shape index (κ3) is 6.54. The monoisotopic (exact) mass is 438 g/mol. The molecule has 1 atom stereocenters. The molecular formula is C21H24Cl2N2O4. The predicted molar refractivity (Wildman–Crippen MR) is 114 cm³/mol. The minimum atomic E-state index is -0.684. The lowest BCUT2D eigenvalue weighted by molar-refractivity contribution is -0.142. The van der Waals surface area contributed by atoms with E-state index < -0.39 is 6.04 Å². The van der Waals surface area contributed by atoms with Crippen LogP contribution < -0.4 is 14.8 Å². The van der Waals surface area contributed by atoms with Crippen LogP contribution in [-0.2, 0) is 16.1 Å². The largest absolute Gasteiger partial charge is 0.497 e. The van der Waals surface area contributed by atoms with Crippen molar-refractivity contribution in [3.63, 3.8) is 0 Å². The van der Waals surface area contributed by atoms with Crippen LogP contribution in [0.4, 0.5) is 0 Å². The molecule has 0 radical (unpaired) electrons. The van der Waals surface area contributed by atoms with Crippen molar-refractivity contribution in [3.8, 4) is 11.5 Å². The number of hydrogen-bond acceptors (Lipinski definition) is 4. The van der Waals surface area contributed by atoms with Crippen molar-refractivity contribution in [1.29, 1.82) is 0 Å². The van der Waals surface area contributed by atoms with E-state index in [1.807, 2.05) is 6.92 Å². The summed E-state index contributed by atoms with van der Waals surface area (Å²) in [6.07, 6.45) is 0. The van der Waals surface area contributed by atoms with Crippen LogP contribution in [0.1, 0.15) is 19.4 Å². The second kappa shape index (κ2) is 10.9. The molecule has 1 N–H and O–H groups in total. The van der Waals surface area contributed by atoms with Gasteiger partial charge in [-0.05, 0) is 55.8 Å². The van der Waals surface area contributed by atoms with Gasteiger partial charge in [0.1, 0.15) is 17.5 Å². The average molecular weight is 439 g/mol. The number of halogens is 2. The summed E-state index contributed by atoms with van der Waals surface area (Å²) in [6.45, 7) is 3.95. The quantitative estimate of drug-likeness (QED) is 0.643. The molecule has 0 bridgehead atoms. The van der Waals surface area contributed by atoms with Crippen molar-refractivity contribution in [3.05, 3.63) is 58.1 Å². The third-order valence-corrected chi connectivity index (χ3v) is 5.02. The van der Waals surface area contributed by atoms with Gasteiger partial charge in [-0.3, -0.25) is 9.59 Å². The molecule has 156 valence electrons. The van der Waals surface area contributed by atoms with Crippen LogP contribution in [0.3, 0.4) is 0 Å². The number of nitrogens with one attached hydrogen (secondary N) is 1. The van der Waals surface area contributed by atoms with Gasteiger partial charge in [0.2, 0.25) is 5.91 Å². The highest BCUT2D eigenvalue weighted by atomic mass is 35.5. The summed E-state index contributed by atoms with van der Waals surface area (Å²) in [5.41, 5.74) is 0.758. The van der Waals surface area contributed by atoms with Gasteiger partial charge in [0.05, 0.1) is 17.2 Å². The van der Waals surface area contributed by atoms with E-state index >= 15 is 0 Å².